The Balaban J connectivity index is 1.27. The van der Waals surface area contributed by atoms with E-state index in [0.29, 0.717) is 28.9 Å². The van der Waals surface area contributed by atoms with Gasteiger partial charge in [-0.2, -0.15) is 0 Å². The van der Waals surface area contributed by atoms with Crippen molar-refractivity contribution in [2.75, 3.05) is 29.1 Å². The monoisotopic (exact) mass is 443 g/mol. The van der Waals surface area contributed by atoms with Gasteiger partial charge in [-0.3, -0.25) is 9.59 Å². The van der Waals surface area contributed by atoms with Crippen molar-refractivity contribution >= 4 is 35.1 Å². The van der Waals surface area contributed by atoms with Crippen LogP contribution in [0.1, 0.15) is 31.2 Å². The molecule has 9 heteroatoms. The van der Waals surface area contributed by atoms with E-state index >= 15 is 0 Å². The maximum Gasteiger partial charge on any atom is 0.234 e. The van der Waals surface area contributed by atoms with E-state index in [1.54, 1.807) is 19.1 Å². The molecule has 2 aliphatic rings. The highest BCUT2D eigenvalue weighted by molar-refractivity contribution is 7.99. The molecule has 0 spiro atoms. The second kappa shape index (κ2) is 9.64. The normalized spacial score (nSPS) is 18.5. The summed E-state index contributed by atoms with van der Waals surface area (Å²) >= 11 is 1.27. The van der Waals surface area contributed by atoms with Gasteiger partial charge in [-0.1, -0.05) is 17.8 Å². The summed E-state index contributed by atoms with van der Waals surface area (Å²) in [6, 6.07) is 8.70. The number of carbonyl (C=O) groups excluding carboxylic acids is 2. The third kappa shape index (κ3) is 5.94. The lowest BCUT2D eigenvalue weighted by molar-refractivity contribution is -0.125. The van der Waals surface area contributed by atoms with Crippen LogP contribution in [0, 0.1) is 18.7 Å². The summed E-state index contributed by atoms with van der Waals surface area (Å²) in [5.74, 6) is 0.438. The fourth-order valence-corrected chi connectivity index (χ4v) is 4.13. The van der Waals surface area contributed by atoms with Crippen LogP contribution in [-0.4, -0.2) is 46.9 Å². The molecule has 1 aromatic heterocycles. The van der Waals surface area contributed by atoms with Gasteiger partial charge in [0.25, 0.3) is 0 Å². The minimum atomic E-state index is -0.350. The number of halogens is 1. The van der Waals surface area contributed by atoms with E-state index in [-0.39, 0.29) is 29.3 Å². The summed E-state index contributed by atoms with van der Waals surface area (Å²) in [6.07, 6.45) is 4.02. The van der Waals surface area contributed by atoms with Gasteiger partial charge in [0, 0.05) is 24.8 Å². The molecule has 1 saturated heterocycles. The molecule has 1 aliphatic heterocycles. The summed E-state index contributed by atoms with van der Waals surface area (Å²) < 4.78 is 13.6. The van der Waals surface area contributed by atoms with Crippen LogP contribution in [-0.2, 0) is 9.59 Å². The van der Waals surface area contributed by atoms with Crippen molar-refractivity contribution in [2.24, 2.45) is 5.92 Å². The topological polar surface area (TPSA) is 87.2 Å². The smallest absolute Gasteiger partial charge is 0.234 e. The molecule has 2 heterocycles. The zero-order valence-corrected chi connectivity index (χ0v) is 18.3. The maximum atomic E-state index is 13.6. The zero-order valence-electron chi connectivity index (χ0n) is 17.4. The van der Waals surface area contributed by atoms with Crippen LogP contribution in [0.5, 0.6) is 0 Å². The molecule has 2 amide bonds. The van der Waals surface area contributed by atoms with Crippen molar-refractivity contribution in [3.05, 3.63) is 41.7 Å². The van der Waals surface area contributed by atoms with Crippen molar-refractivity contribution < 1.29 is 14.0 Å². The molecule has 2 N–H and O–H groups in total. The molecule has 2 aromatic rings. The SMILES string of the molecule is Cc1ccc(NC(=O)CSc2ccc(N3CCC[C@H](C(=O)NC4CC4)C3)nn2)cc1F. The maximum absolute atomic E-state index is 13.6. The van der Waals surface area contributed by atoms with Crippen LogP contribution in [0.3, 0.4) is 0 Å². The molecule has 0 bridgehead atoms. The van der Waals surface area contributed by atoms with Gasteiger partial charge >= 0.3 is 0 Å². The number of hydrogen-bond donors (Lipinski definition) is 2. The van der Waals surface area contributed by atoms with Crippen LogP contribution in [0.25, 0.3) is 0 Å². The number of hydrogen-bond acceptors (Lipinski definition) is 6. The standard InChI is InChI=1S/C22H26FN5O2S/c1-14-4-5-17(11-18(14)23)24-20(29)13-31-21-9-8-19(26-27-21)28-10-2-3-15(12-28)22(30)25-16-6-7-16/h4-5,8-9,11,15-16H,2-3,6-7,10,12-13H2,1H3,(H,24,29)(H,25,30)/t15-/m0/s1. The average molecular weight is 444 g/mol. The number of nitrogens with zero attached hydrogens (tertiary/aromatic N) is 3. The Morgan fingerprint density at radius 2 is 2.03 bits per heavy atom. The third-order valence-electron chi connectivity index (χ3n) is 5.47. The van der Waals surface area contributed by atoms with Gasteiger partial charge in [0.05, 0.1) is 11.7 Å². The van der Waals surface area contributed by atoms with Crippen molar-refractivity contribution in [3.8, 4) is 0 Å². The van der Waals surface area contributed by atoms with E-state index in [0.717, 1.165) is 38.0 Å². The summed E-state index contributed by atoms with van der Waals surface area (Å²) in [4.78, 5) is 26.6. The Labute approximate surface area is 185 Å². The van der Waals surface area contributed by atoms with E-state index in [1.807, 2.05) is 12.1 Å². The Kier molecular flexibility index (Phi) is 6.70. The number of carbonyl (C=O) groups is 2. The molecule has 1 aliphatic carbocycles. The van der Waals surface area contributed by atoms with E-state index in [2.05, 4.69) is 25.7 Å². The summed E-state index contributed by atoms with van der Waals surface area (Å²) in [5, 5.41) is 14.9. The quantitative estimate of drug-likeness (QED) is 0.640. The van der Waals surface area contributed by atoms with Gasteiger partial charge in [-0.15, -0.1) is 10.2 Å². The Bertz CT molecular complexity index is 951. The number of rotatable bonds is 7. The molecule has 1 atom stereocenters. The number of thioether (sulfide) groups is 1. The number of aryl methyl sites for hydroxylation is 1. The van der Waals surface area contributed by atoms with Crippen LogP contribution in [0.15, 0.2) is 35.4 Å². The summed E-state index contributed by atoms with van der Waals surface area (Å²) in [5.41, 5.74) is 0.965. The number of piperidine rings is 1. The van der Waals surface area contributed by atoms with Gasteiger partial charge in [0.15, 0.2) is 5.82 Å². The van der Waals surface area contributed by atoms with E-state index < -0.39 is 0 Å². The van der Waals surface area contributed by atoms with Crippen molar-refractivity contribution in [1.82, 2.24) is 15.5 Å². The highest BCUT2D eigenvalue weighted by Gasteiger charge is 2.30. The molecule has 0 radical (unpaired) electrons. The first-order valence-electron chi connectivity index (χ1n) is 10.6. The van der Waals surface area contributed by atoms with Gasteiger partial charge in [-0.05, 0) is 62.4 Å². The lowest BCUT2D eigenvalue weighted by atomic mass is 9.97. The van der Waals surface area contributed by atoms with E-state index in [4.69, 9.17) is 0 Å². The van der Waals surface area contributed by atoms with Crippen molar-refractivity contribution in [2.45, 2.75) is 43.7 Å². The lowest BCUT2D eigenvalue weighted by Crippen LogP contribution is -2.44. The second-order valence-electron chi connectivity index (χ2n) is 8.10. The predicted octanol–water partition coefficient (Wildman–Crippen LogP) is 3.15. The first-order chi connectivity index (χ1) is 15.0. The average Bonchev–Trinajstić information content (AvgIpc) is 3.59. The van der Waals surface area contributed by atoms with Gasteiger partial charge in [0.1, 0.15) is 10.8 Å². The fraction of sp³-hybridized carbons (Fsp3) is 0.455. The molecular weight excluding hydrogens is 417 g/mol. The van der Waals surface area contributed by atoms with Crippen molar-refractivity contribution in [3.63, 3.8) is 0 Å². The Morgan fingerprint density at radius 3 is 2.74 bits per heavy atom. The number of amides is 2. The van der Waals surface area contributed by atoms with Gasteiger partial charge in [0.2, 0.25) is 11.8 Å². The number of benzene rings is 1. The van der Waals surface area contributed by atoms with Crippen LogP contribution < -0.4 is 15.5 Å². The van der Waals surface area contributed by atoms with Gasteiger partial charge in [-0.25, -0.2) is 4.39 Å². The molecule has 2 fully saturated rings. The van der Waals surface area contributed by atoms with Crippen LogP contribution in [0.2, 0.25) is 0 Å². The highest BCUT2D eigenvalue weighted by Crippen LogP contribution is 2.25. The fourth-order valence-electron chi connectivity index (χ4n) is 3.51. The zero-order chi connectivity index (χ0) is 21.8. The predicted molar refractivity (Wildman–Crippen MR) is 119 cm³/mol. The first-order valence-corrected chi connectivity index (χ1v) is 11.5. The molecule has 1 aromatic carbocycles. The van der Waals surface area contributed by atoms with Gasteiger partial charge < -0.3 is 15.5 Å². The summed E-state index contributed by atoms with van der Waals surface area (Å²) in [7, 11) is 0. The lowest BCUT2D eigenvalue weighted by Gasteiger charge is -2.32. The second-order valence-corrected chi connectivity index (χ2v) is 9.09. The molecule has 7 nitrogen and oxygen atoms in total. The molecule has 4 rings (SSSR count). The molecule has 1 saturated carbocycles. The van der Waals surface area contributed by atoms with Crippen LogP contribution in [0.4, 0.5) is 15.9 Å². The van der Waals surface area contributed by atoms with Crippen molar-refractivity contribution in [1.29, 1.82) is 0 Å². The Hall–Kier alpha value is -2.68. The number of anilines is 2. The number of nitrogens with one attached hydrogen (secondary N) is 2. The minimum Gasteiger partial charge on any atom is -0.354 e. The largest absolute Gasteiger partial charge is 0.354 e. The first kappa shape index (κ1) is 21.5. The Morgan fingerprint density at radius 1 is 1.19 bits per heavy atom. The molecule has 0 unspecified atom stereocenters. The molecule has 31 heavy (non-hydrogen) atoms. The number of aromatic nitrogens is 2. The highest BCUT2D eigenvalue weighted by atomic mass is 32.2. The molecular formula is C22H26FN5O2S. The summed E-state index contributed by atoms with van der Waals surface area (Å²) in [6.45, 7) is 3.17. The molecule has 164 valence electrons. The minimum absolute atomic E-state index is 0.0134. The van der Waals surface area contributed by atoms with Crippen LogP contribution >= 0.6 is 11.8 Å². The third-order valence-corrected chi connectivity index (χ3v) is 6.39. The van der Waals surface area contributed by atoms with E-state index in [1.165, 1.54) is 17.8 Å². The van der Waals surface area contributed by atoms with E-state index in [9.17, 15) is 14.0 Å².